The molecule has 2 heterocycles. The Labute approximate surface area is 149 Å². The van der Waals surface area contributed by atoms with Gasteiger partial charge in [0.05, 0.1) is 38.6 Å². The van der Waals surface area contributed by atoms with Crippen molar-refractivity contribution in [1.82, 2.24) is 9.97 Å². The topological polar surface area (TPSA) is 96.8 Å². The largest absolute Gasteiger partial charge is 0.497 e. The number of rotatable bonds is 4. The molecule has 26 heavy (non-hydrogen) atoms. The van der Waals surface area contributed by atoms with Gasteiger partial charge in [0, 0.05) is 23.3 Å². The van der Waals surface area contributed by atoms with Gasteiger partial charge in [0.15, 0.2) is 0 Å². The molecule has 1 aliphatic rings. The first-order valence-corrected chi connectivity index (χ1v) is 8.08. The number of H-pyrrole nitrogens is 1. The van der Waals surface area contributed by atoms with E-state index in [1.165, 1.54) is 7.11 Å². The summed E-state index contributed by atoms with van der Waals surface area (Å²) in [5.41, 5.74) is 3.51. The van der Waals surface area contributed by atoms with Crippen LogP contribution < -0.4 is 15.0 Å². The molecule has 0 aliphatic carbocycles. The summed E-state index contributed by atoms with van der Waals surface area (Å²) in [5, 5.41) is 9.81. The van der Waals surface area contributed by atoms with E-state index in [9.17, 15) is 9.90 Å². The Morgan fingerprint density at radius 1 is 1.19 bits per heavy atom. The number of benzene rings is 2. The molecule has 0 unspecified atom stereocenters. The van der Waals surface area contributed by atoms with Crippen molar-refractivity contribution < 1.29 is 14.6 Å². The van der Waals surface area contributed by atoms with E-state index < -0.39 is 0 Å². The smallest absolute Gasteiger partial charge is 0.262 e. The molecule has 0 amide bonds. The highest BCUT2D eigenvalue weighted by molar-refractivity contribution is 6.05. The zero-order valence-corrected chi connectivity index (χ0v) is 14.4. The van der Waals surface area contributed by atoms with Crippen molar-refractivity contribution in [2.24, 2.45) is 4.99 Å². The molecule has 2 aromatic carbocycles. The molecule has 4 rings (SSSR count). The average Bonchev–Trinajstić information content (AvgIpc) is 3.08. The Kier molecular flexibility index (Phi) is 3.93. The second kappa shape index (κ2) is 6.27. The third kappa shape index (κ3) is 2.53. The zero-order chi connectivity index (χ0) is 18.3. The van der Waals surface area contributed by atoms with E-state index in [2.05, 4.69) is 15.0 Å². The third-order valence-electron chi connectivity index (χ3n) is 4.49. The maximum atomic E-state index is 12.6. The van der Waals surface area contributed by atoms with Crippen LogP contribution in [0.5, 0.6) is 11.5 Å². The maximum Gasteiger partial charge on any atom is 0.262 e. The SMILES string of the molecule is COc1cc(OC)c2c(=O)[nH]c(-c3ccc4c(c3)C(CO)=NC4)nc2c1. The fourth-order valence-electron chi connectivity index (χ4n) is 3.16. The summed E-state index contributed by atoms with van der Waals surface area (Å²) in [5.74, 6) is 1.40. The molecule has 3 aromatic rings. The Hall–Kier alpha value is -3.19. The van der Waals surface area contributed by atoms with Crippen LogP contribution in [-0.2, 0) is 6.54 Å². The molecule has 0 radical (unpaired) electrons. The number of nitrogens with zero attached hydrogens (tertiary/aromatic N) is 2. The molecule has 7 heteroatoms. The lowest BCUT2D eigenvalue weighted by atomic mass is 10.0. The lowest BCUT2D eigenvalue weighted by molar-refractivity contribution is 0.358. The molecule has 2 N–H and O–H groups in total. The lowest BCUT2D eigenvalue weighted by Crippen LogP contribution is -2.11. The highest BCUT2D eigenvalue weighted by Gasteiger charge is 2.18. The van der Waals surface area contributed by atoms with Crippen LogP contribution in [0, 0.1) is 0 Å². The first kappa shape index (κ1) is 16.3. The molecule has 1 aliphatic heterocycles. The number of aliphatic imine (C=N–C) groups is 1. The van der Waals surface area contributed by atoms with Crippen LogP contribution >= 0.6 is 0 Å². The molecule has 0 spiro atoms. The predicted molar refractivity (Wildman–Crippen MR) is 98.2 cm³/mol. The summed E-state index contributed by atoms with van der Waals surface area (Å²) < 4.78 is 10.6. The minimum Gasteiger partial charge on any atom is -0.497 e. The van der Waals surface area contributed by atoms with Crippen LogP contribution in [0.2, 0.25) is 0 Å². The zero-order valence-electron chi connectivity index (χ0n) is 14.4. The number of methoxy groups -OCH3 is 2. The molecule has 132 valence electrons. The number of fused-ring (bicyclic) bond motifs is 2. The third-order valence-corrected chi connectivity index (χ3v) is 4.49. The monoisotopic (exact) mass is 351 g/mol. The summed E-state index contributed by atoms with van der Waals surface area (Å²) in [4.78, 5) is 24.3. The fraction of sp³-hybridized carbons (Fsp3) is 0.211. The van der Waals surface area contributed by atoms with Gasteiger partial charge < -0.3 is 19.6 Å². The van der Waals surface area contributed by atoms with Gasteiger partial charge in [-0.15, -0.1) is 0 Å². The van der Waals surface area contributed by atoms with E-state index in [0.717, 1.165) is 16.7 Å². The molecule has 0 atom stereocenters. The van der Waals surface area contributed by atoms with Gasteiger partial charge in [0.1, 0.15) is 22.7 Å². The van der Waals surface area contributed by atoms with Crippen molar-refractivity contribution in [1.29, 1.82) is 0 Å². The normalized spacial score (nSPS) is 12.8. The summed E-state index contributed by atoms with van der Waals surface area (Å²) >= 11 is 0. The van der Waals surface area contributed by atoms with Gasteiger partial charge in [-0.05, 0) is 11.6 Å². The van der Waals surface area contributed by atoms with Crippen LogP contribution in [0.25, 0.3) is 22.3 Å². The number of aliphatic hydroxyl groups excluding tert-OH is 1. The first-order valence-electron chi connectivity index (χ1n) is 8.08. The van der Waals surface area contributed by atoms with Crippen molar-refractivity contribution >= 4 is 16.6 Å². The Morgan fingerprint density at radius 2 is 2.04 bits per heavy atom. The molecule has 0 fully saturated rings. The van der Waals surface area contributed by atoms with Crippen LogP contribution in [-0.4, -0.2) is 41.6 Å². The maximum absolute atomic E-state index is 12.6. The lowest BCUT2D eigenvalue weighted by Gasteiger charge is -2.10. The first-order chi connectivity index (χ1) is 12.6. The van der Waals surface area contributed by atoms with E-state index in [1.807, 2.05) is 18.2 Å². The van der Waals surface area contributed by atoms with Crippen molar-refractivity contribution in [2.45, 2.75) is 6.54 Å². The molecular formula is C19H17N3O4. The number of aliphatic hydroxyl groups is 1. The number of ether oxygens (including phenoxy) is 2. The highest BCUT2D eigenvalue weighted by Crippen LogP contribution is 2.30. The summed E-state index contributed by atoms with van der Waals surface area (Å²) in [7, 11) is 3.04. The molecule has 0 saturated carbocycles. The predicted octanol–water partition coefficient (Wildman–Crippen LogP) is 1.90. The van der Waals surface area contributed by atoms with Crippen molar-refractivity contribution in [3.63, 3.8) is 0 Å². The number of aromatic amines is 1. The second-order valence-corrected chi connectivity index (χ2v) is 5.93. The minimum atomic E-state index is -0.291. The molecule has 0 saturated heterocycles. The summed E-state index contributed by atoms with van der Waals surface area (Å²) in [6, 6.07) is 9.06. The van der Waals surface area contributed by atoms with E-state index in [4.69, 9.17) is 9.47 Å². The van der Waals surface area contributed by atoms with Gasteiger partial charge in [-0.1, -0.05) is 12.1 Å². The Balaban J connectivity index is 1.91. The van der Waals surface area contributed by atoms with E-state index in [-0.39, 0.29) is 12.2 Å². The van der Waals surface area contributed by atoms with Crippen LogP contribution in [0.3, 0.4) is 0 Å². The molecule has 7 nitrogen and oxygen atoms in total. The summed E-state index contributed by atoms with van der Waals surface area (Å²) in [6.45, 7) is 0.439. The molecular weight excluding hydrogens is 334 g/mol. The second-order valence-electron chi connectivity index (χ2n) is 5.93. The Bertz CT molecular complexity index is 1100. The standard InChI is InChI=1S/C19H17N3O4/c1-25-12-6-14-17(16(7-12)26-2)19(24)22-18(21-14)10-3-4-11-8-20-15(9-23)13(11)5-10/h3-7,23H,8-9H2,1-2H3,(H,21,22,24). The van der Waals surface area contributed by atoms with Crippen molar-refractivity contribution in [2.75, 3.05) is 20.8 Å². The van der Waals surface area contributed by atoms with Gasteiger partial charge in [-0.3, -0.25) is 9.79 Å². The van der Waals surface area contributed by atoms with Crippen LogP contribution in [0.1, 0.15) is 11.1 Å². The van der Waals surface area contributed by atoms with E-state index in [1.54, 1.807) is 19.2 Å². The summed E-state index contributed by atoms with van der Waals surface area (Å²) in [6.07, 6.45) is 0. The van der Waals surface area contributed by atoms with Crippen LogP contribution in [0.4, 0.5) is 0 Å². The number of aromatic nitrogens is 2. The number of hydrogen-bond donors (Lipinski definition) is 2. The quantitative estimate of drug-likeness (QED) is 0.748. The average molecular weight is 351 g/mol. The van der Waals surface area contributed by atoms with Gasteiger partial charge in [0.25, 0.3) is 5.56 Å². The van der Waals surface area contributed by atoms with E-state index >= 15 is 0 Å². The molecule has 1 aromatic heterocycles. The van der Waals surface area contributed by atoms with Gasteiger partial charge in [0.2, 0.25) is 0 Å². The van der Waals surface area contributed by atoms with E-state index in [0.29, 0.717) is 40.5 Å². The fourth-order valence-corrected chi connectivity index (χ4v) is 3.16. The van der Waals surface area contributed by atoms with Crippen molar-refractivity contribution in [3.8, 4) is 22.9 Å². The highest BCUT2D eigenvalue weighted by atomic mass is 16.5. The minimum absolute atomic E-state index is 0.119. The number of nitrogens with one attached hydrogen (secondary N) is 1. The Morgan fingerprint density at radius 3 is 2.77 bits per heavy atom. The van der Waals surface area contributed by atoms with Crippen LogP contribution in [0.15, 0.2) is 40.1 Å². The van der Waals surface area contributed by atoms with Gasteiger partial charge in [-0.25, -0.2) is 4.98 Å². The number of hydrogen-bond acceptors (Lipinski definition) is 6. The molecule has 0 bridgehead atoms. The van der Waals surface area contributed by atoms with Crippen molar-refractivity contribution in [3.05, 3.63) is 51.8 Å². The van der Waals surface area contributed by atoms with Gasteiger partial charge >= 0.3 is 0 Å². The van der Waals surface area contributed by atoms with Gasteiger partial charge in [-0.2, -0.15) is 0 Å².